The fourth-order valence-corrected chi connectivity index (χ4v) is 4.56. The molecule has 2 N–H and O–H groups in total. The van der Waals surface area contributed by atoms with E-state index in [9.17, 15) is 0 Å². The van der Waals surface area contributed by atoms with Crippen molar-refractivity contribution in [3.8, 4) is 0 Å². The van der Waals surface area contributed by atoms with Crippen LogP contribution in [0.15, 0.2) is 30.3 Å². The van der Waals surface area contributed by atoms with Crippen molar-refractivity contribution in [2.45, 2.75) is 51.4 Å². The van der Waals surface area contributed by atoms with Gasteiger partial charge in [-0.05, 0) is 23.3 Å². The molecule has 1 aromatic heterocycles. The first-order chi connectivity index (χ1) is 13.3. The summed E-state index contributed by atoms with van der Waals surface area (Å²) >= 11 is 0. The van der Waals surface area contributed by atoms with Crippen LogP contribution in [0.2, 0.25) is 0 Å². The summed E-state index contributed by atoms with van der Waals surface area (Å²) in [6.45, 7) is 9.80. The van der Waals surface area contributed by atoms with E-state index in [1.165, 1.54) is 31.7 Å². The molecule has 7 heteroatoms. The summed E-state index contributed by atoms with van der Waals surface area (Å²) in [7, 11) is 0. The third-order valence-corrected chi connectivity index (χ3v) is 6.07. The molecule has 146 valence electrons. The average molecular weight is 373 g/mol. The standard InChI is InChI=1S/C20H30N6O/c1-2-19(20-21-22-23-26(20)16-18-9-6-14-27-18)25-12-10-24(11-13-25)15-17-7-4-3-5-8-17/h3-5,7-8,18-19H,2,6,9-16H2,1H3/p+2/t18-,19-/m1/s1. The molecule has 3 heterocycles. The molecule has 0 bridgehead atoms. The van der Waals surface area contributed by atoms with E-state index in [1.54, 1.807) is 9.80 Å². The molecule has 2 fully saturated rings. The Bertz CT molecular complexity index is 692. The van der Waals surface area contributed by atoms with Crippen molar-refractivity contribution in [2.24, 2.45) is 0 Å². The summed E-state index contributed by atoms with van der Waals surface area (Å²) in [4.78, 5) is 3.30. The molecule has 4 rings (SSSR count). The van der Waals surface area contributed by atoms with E-state index in [0.717, 1.165) is 44.8 Å². The number of nitrogens with zero attached hydrogens (tertiary/aromatic N) is 4. The van der Waals surface area contributed by atoms with Crippen LogP contribution in [0.25, 0.3) is 0 Å². The number of rotatable bonds is 7. The van der Waals surface area contributed by atoms with E-state index >= 15 is 0 Å². The summed E-state index contributed by atoms with van der Waals surface area (Å²) < 4.78 is 7.78. The highest BCUT2D eigenvalue weighted by atomic mass is 16.5. The third kappa shape index (κ3) is 4.54. The van der Waals surface area contributed by atoms with E-state index in [-0.39, 0.29) is 6.10 Å². The van der Waals surface area contributed by atoms with Gasteiger partial charge >= 0.3 is 0 Å². The Labute approximate surface area is 161 Å². The molecule has 2 saturated heterocycles. The quantitative estimate of drug-likeness (QED) is 0.674. The van der Waals surface area contributed by atoms with Gasteiger partial charge in [0.05, 0.1) is 12.6 Å². The van der Waals surface area contributed by atoms with Gasteiger partial charge in [0.25, 0.3) is 0 Å². The van der Waals surface area contributed by atoms with E-state index < -0.39 is 0 Å². The molecule has 0 unspecified atom stereocenters. The monoisotopic (exact) mass is 372 g/mol. The lowest BCUT2D eigenvalue weighted by Crippen LogP contribution is -3.27. The molecule has 0 amide bonds. The molecule has 2 aliphatic heterocycles. The van der Waals surface area contributed by atoms with Crippen molar-refractivity contribution in [3.05, 3.63) is 41.7 Å². The zero-order valence-electron chi connectivity index (χ0n) is 16.3. The fraction of sp³-hybridized carbons (Fsp3) is 0.650. The number of aromatic nitrogens is 4. The van der Waals surface area contributed by atoms with Crippen LogP contribution in [-0.4, -0.2) is 59.1 Å². The van der Waals surface area contributed by atoms with Crippen molar-refractivity contribution < 1.29 is 14.5 Å². The van der Waals surface area contributed by atoms with Gasteiger partial charge in [-0.3, -0.25) is 0 Å². The second kappa shape index (κ2) is 8.91. The SMILES string of the molecule is CC[C@H](c1nnnn1C[C@H]1CCCO1)[NH+]1CC[NH+](Cc2ccccc2)CC1. The lowest BCUT2D eigenvalue weighted by molar-refractivity contribution is -1.03. The van der Waals surface area contributed by atoms with Gasteiger partial charge in [-0.25, -0.2) is 4.68 Å². The Morgan fingerprint density at radius 1 is 1.19 bits per heavy atom. The fourth-order valence-electron chi connectivity index (χ4n) is 4.56. The van der Waals surface area contributed by atoms with Gasteiger partial charge in [-0.2, -0.15) is 0 Å². The predicted molar refractivity (Wildman–Crippen MR) is 101 cm³/mol. The van der Waals surface area contributed by atoms with E-state index in [4.69, 9.17) is 4.74 Å². The highest BCUT2D eigenvalue weighted by Crippen LogP contribution is 2.16. The largest absolute Gasteiger partial charge is 0.376 e. The topological polar surface area (TPSA) is 61.7 Å². The molecule has 0 spiro atoms. The Morgan fingerprint density at radius 2 is 2.00 bits per heavy atom. The molecule has 0 saturated carbocycles. The molecule has 2 aliphatic rings. The maximum absolute atomic E-state index is 5.78. The van der Waals surface area contributed by atoms with Gasteiger partial charge in [0.15, 0.2) is 0 Å². The van der Waals surface area contributed by atoms with Crippen LogP contribution >= 0.6 is 0 Å². The Hall–Kier alpha value is -1.83. The van der Waals surface area contributed by atoms with Crippen LogP contribution in [0.4, 0.5) is 0 Å². The Balaban J connectivity index is 1.36. The molecular weight excluding hydrogens is 340 g/mol. The molecule has 2 aromatic rings. The average Bonchev–Trinajstić information content (AvgIpc) is 3.38. The smallest absolute Gasteiger partial charge is 0.209 e. The van der Waals surface area contributed by atoms with Gasteiger partial charge in [-0.15, -0.1) is 5.10 Å². The van der Waals surface area contributed by atoms with E-state index in [1.807, 2.05) is 4.68 Å². The minimum Gasteiger partial charge on any atom is -0.376 e. The first-order valence-corrected chi connectivity index (χ1v) is 10.4. The number of quaternary nitrogens is 2. The van der Waals surface area contributed by atoms with Gasteiger partial charge in [0, 0.05) is 18.6 Å². The molecule has 0 radical (unpaired) electrons. The number of hydrogen-bond donors (Lipinski definition) is 2. The van der Waals surface area contributed by atoms with Crippen LogP contribution in [0.5, 0.6) is 0 Å². The minimum absolute atomic E-state index is 0.270. The highest BCUT2D eigenvalue weighted by Gasteiger charge is 2.33. The van der Waals surface area contributed by atoms with Crippen LogP contribution in [0.1, 0.15) is 43.6 Å². The number of piperazine rings is 1. The highest BCUT2D eigenvalue weighted by molar-refractivity contribution is 5.13. The van der Waals surface area contributed by atoms with Crippen molar-refractivity contribution >= 4 is 0 Å². The van der Waals surface area contributed by atoms with E-state index in [2.05, 4.69) is 52.8 Å². The lowest BCUT2D eigenvalue weighted by Gasteiger charge is -2.33. The number of hydrogen-bond acceptors (Lipinski definition) is 4. The normalized spacial score (nSPS) is 26.9. The first-order valence-electron chi connectivity index (χ1n) is 10.4. The van der Waals surface area contributed by atoms with Crippen LogP contribution in [0.3, 0.4) is 0 Å². The summed E-state index contributed by atoms with van der Waals surface area (Å²) in [5, 5.41) is 12.7. The summed E-state index contributed by atoms with van der Waals surface area (Å²) in [6.07, 6.45) is 3.60. The van der Waals surface area contributed by atoms with Gasteiger partial charge in [0.1, 0.15) is 38.8 Å². The van der Waals surface area contributed by atoms with Gasteiger partial charge in [0.2, 0.25) is 5.82 Å². The molecule has 27 heavy (non-hydrogen) atoms. The van der Waals surface area contributed by atoms with Crippen molar-refractivity contribution in [1.82, 2.24) is 20.2 Å². The zero-order chi connectivity index (χ0) is 18.5. The van der Waals surface area contributed by atoms with E-state index in [0.29, 0.717) is 6.04 Å². The third-order valence-electron chi connectivity index (χ3n) is 6.07. The minimum atomic E-state index is 0.270. The van der Waals surface area contributed by atoms with Crippen LogP contribution in [-0.2, 0) is 17.8 Å². The Morgan fingerprint density at radius 3 is 2.70 bits per heavy atom. The van der Waals surface area contributed by atoms with Crippen molar-refractivity contribution in [1.29, 1.82) is 0 Å². The maximum Gasteiger partial charge on any atom is 0.209 e. The van der Waals surface area contributed by atoms with Crippen molar-refractivity contribution in [2.75, 3.05) is 32.8 Å². The predicted octanol–water partition coefficient (Wildman–Crippen LogP) is -0.713. The molecule has 2 atom stereocenters. The number of ether oxygens (including phenoxy) is 1. The number of benzene rings is 1. The summed E-state index contributed by atoms with van der Waals surface area (Å²) in [5.41, 5.74) is 1.43. The van der Waals surface area contributed by atoms with Gasteiger partial charge < -0.3 is 14.5 Å². The summed E-state index contributed by atoms with van der Waals surface area (Å²) in [5.74, 6) is 1.04. The zero-order valence-corrected chi connectivity index (χ0v) is 16.3. The van der Waals surface area contributed by atoms with Gasteiger partial charge in [-0.1, -0.05) is 37.3 Å². The number of nitrogens with one attached hydrogen (secondary N) is 2. The number of tetrazole rings is 1. The molecule has 0 aliphatic carbocycles. The maximum atomic E-state index is 5.78. The molecular formula is C20H32N6O+2. The second-order valence-electron chi connectivity index (χ2n) is 7.89. The van der Waals surface area contributed by atoms with Crippen LogP contribution in [0, 0.1) is 0 Å². The second-order valence-corrected chi connectivity index (χ2v) is 7.89. The molecule has 1 aromatic carbocycles. The summed E-state index contributed by atoms with van der Waals surface area (Å²) in [6, 6.07) is 11.2. The van der Waals surface area contributed by atoms with Crippen LogP contribution < -0.4 is 9.80 Å². The first kappa shape index (κ1) is 18.5. The molecule has 7 nitrogen and oxygen atoms in total. The Kier molecular flexibility index (Phi) is 6.11. The van der Waals surface area contributed by atoms with Crippen molar-refractivity contribution in [3.63, 3.8) is 0 Å². The lowest BCUT2D eigenvalue weighted by atomic mass is 10.1.